The third-order valence-electron chi connectivity index (χ3n) is 3.31. The van der Waals surface area contributed by atoms with Crippen molar-refractivity contribution in [1.29, 1.82) is 0 Å². The molecule has 5 heteroatoms. The third kappa shape index (κ3) is 4.12. The predicted octanol–water partition coefficient (Wildman–Crippen LogP) is 2.70. The van der Waals surface area contributed by atoms with Crippen molar-refractivity contribution >= 4 is 0 Å². The van der Waals surface area contributed by atoms with Gasteiger partial charge in [0.2, 0.25) is 0 Å². The molecule has 1 aromatic carbocycles. The zero-order chi connectivity index (χ0) is 15.1. The fraction of sp³-hybridized carbons (Fsp3) is 0.438. The second-order valence-corrected chi connectivity index (χ2v) is 4.92. The highest BCUT2D eigenvalue weighted by Crippen LogP contribution is 2.17. The number of methoxy groups -OCH3 is 1. The second-order valence-electron chi connectivity index (χ2n) is 4.92. The van der Waals surface area contributed by atoms with Crippen LogP contribution in [0.1, 0.15) is 24.6 Å². The average molecular weight is 291 g/mol. The highest BCUT2D eigenvalue weighted by atomic mass is 19.1. The molecule has 0 aliphatic heterocycles. The SMILES string of the molecule is CCCc1c(CNCCOC)cnn1-c1ccc(F)cc1. The van der Waals surface area contributed by atoms with Gasteiger partial charge in [-0.2, -0.15) is 5.10 Å². The van der Waals surface area contributed by atoms with Crippen LogP contribution in [0.4, 0.5) is 4.39 Å². The molecule has 0 fully saturated rings. The molecule has 2 aromatic rings. The first kappa shape index (κ1) is 15.7. The minimum atomic E-state index is -0.232. The summed E-state index contributed by atoms with van der Waals surface area (Å²) in [5.41, 5.74) is 3.24. The van der Waals surface area contributed by atoms with E-state index in [-0.39, 0.29) is 5.82 Å². The van der Waals surface area contributed by atoms with Crippen LogP contribution >= 0.6 is 0 Å². The van der Waals surface area contributed by atoms with Gasteiger partial charge in [-0.15, -0.1) is 0 Å². The number of aromatic nitrogens is 2. The molecule has 0 aliphatic rings. The molecule has 0 spiro atoms. The summed E-state index contributed by atoms with van der Waals surface area (Å²) in [5, 5.41) is 7.79. The standard InChI is InChI=1S/C16H22FN3O/c1-3-4-16-13(11-18-9-10-21-2)12-19-20(16)15-7-5-14(17)6-8-15/h5-8,12,18H,3-4,9-11H2,1-2H3. The molecule has 1 N–H and O–H groups in total. The lowest BCUT2D eigenvalue weighted by atomic mass is 10.1. The lowest BCUT2D eigenvalue weighted by Crippen LogP contribution is -2.19. The molecule has 0 saturated heterocycles. The second kappa shape index (κ2) is 7.90. The molecule has 1 aromatic heterocycles. The number of rotatable bonds is 8. The van der Waals surface area contributed by atoms with Crippen molar-refractivity contribution in [1.82, 2.24) is 15.1 Å². The van der Waals surface area contributed by atoms with Crippen LogP contribution in [-0.2, 0) is 17.7 Å². The number of ether oxygens (including phenoxy) is 1. The maximum Gasteiger partial charge on any atom is 0.123 e. The summed E-state index contributed by atoms with van der Waals surface area (Å²) in [7, 11) is 1.69. The Labute approximate surface area is 124 Å². The van der Waals surface area contributed by atoms with E-state index in [4.69, 9.17) is 4.74 Å². The topological polar surface area (TPSA) is 39.1 Å². The Morgan fingerprint density at radius 3 is 2.71 bits per heavy atom. The van der Waals surface area contributed by atoms with E-state index in [1.54, 1.807) is 19.2 Å². The van der Waals surface area contributed by atoms with Crippen LogP contribution in [0.3, 0.4) is 0 Å². The number of halogens is 1. The highest BCUT2D eigenvalue weighted by molar-refractivity contribution is 5.35. The first-order valence-electron chi connectivity index (χ1n) is 7.27. The van der Waals surface area contributed by atoms with Gasteiger partial charge < -0.3 is 10.1 Å². The van der Waals surface area contributed by atoms with Gasteiger partial charge in [-0.25, -0.2) is 9.07 Å². The van der Waals surface area contributed by atoms with Crippen molar-refractivity contribution in [3.8, 4) is 5.69 Å². The van der Waals surface area contributed by atoms with Crippen molar-refractivity contribution < 1.29 is 9.13 Å². The van der Waals surface area contributed by atoms with Gasteiger partial charge in [-0.3, -0.25) is 0 Å². The van der Waals surface area contributed by atoms with Crippen LogP contribution in [0.25, 0.3) is 5.69 Å². The lowest BCUT2D eigenvalue weighted by molar-refractivity contribution is 0.199. The zero-order valence-electron chi connectivity index (χ0n) is 12.6. The molecule has 0 amide bonds. The van der Waals surface area contributed by atoms with Crippen molar-refractivity contribution in [2.24, 2.45) is 0 Å². The molecule has 0 saturated carbocycles. The molecular weight excluding hydrogens is 269 g/mol. The van der Waals surface area contributed by atoms with Crippen LogP contribution in [0, 0.1) is 5.82 Å². The molecule has 114 valence electrons. The molecule has 0 radical (unpaired) electrons. The summed E-state index contributed by atoms with van der Waals surface area (Å²) in [6.45, 7) is 4.41. The van der Waals surface area contributed by atoms with E-state index in [2.05, 4.69) is 17.3 Å². The van der Waals surface area contributed by atoms with Crippen LogP contribution in [0.2, 0.25) is 0 Å². The first-order chi connectivity index (χ1) is 10.3. The van der Waals surface area contributed by atoms with E-state index < -0.39 is 0 Å². The van der Waals surface area contributed by atoms with Gasteiger partial charge in [0.15, 0.2) is 0 Å². The van der Waals surface area contributed by atoms with Gasteiger partial charge in [0, 0.05) is 31.5 Å². The molecular formula is C16H22FN3O. The van der Waals surface area contributed by atoms with Crippen LogP contribution < -0.4 is 5.32 Å². The zero-order valence-corrected chi connectivity index (χ0v) is 12.6. The van der Waals surface area contributed by atoms with E-state index >= 15 is 0 Å². The molecule has 0 atom stereocenters. The maximum absolute atomic E-state index is 13.0. The maximum atomic E-state index is 13.0. The molecule has 0 unspecified atom stereocenters. The number of nitrogens with zero attached hydrogens (tertiary/aromatic N) is 2. The Hall–Kier alpha value is -1.72. The molecule has 0 bridgehead atoms. The number of hydrogen-bond acceptors (Lipinski definition) is 3. The number of benzene rings is 1. The van der Waals surface area contributed by atoms with E-state index in [1.165, 1.54) is 23.4 Å². The molecule has 0 aliphatic carbocycles. The van der Waals surface area contributed by atoms with Gasteiger partial charge >= 0.3 is 0 Å². The fourth-order valence-corrected chi connectivity index (χ4v) is 2.26. The monoisotopic (exact) mass is 291 g/mol. The summed E-state index contributed by atoms with van der Waals surface area (Å²) in [6, 6.07) is 6.43. The molecule has 2 rings (SSSR count). The third-order valence-corrected chi connectivity index (χ3v) is 3.31. The predicted molar refractivity (Wildman–Crippen MR) is 81.1 cm³/mol. The Balaban J connectivity index is 2.17. The largest absolute Gasteiger partial charge is 0.383 e. The van der Waals surface area contributed by atoms with Gasteiger partial charge in [0.05, 0.1) is 18.5 Å². The minimum Gasteiger partial charge on any atom is -0.383 e. The fourth-order valence-electron chi connectivity index (χ4n) is 2.26. The van der Waals surface area contributed by atoms with Crippen molar-refractivity contribution in [2.45, 2.75) is 26.3 Å². The van der Waals surface area contributed by atoms with E-state index in [1.807, 2.05) is 10.9 Å². The van der Waals surface area contributed by atoms with E-state index in [0.717, 1.165) is 31.6 Å². The average Bonchev–Trinajstić information content (AvgIpc) is 2.88. The summed E-state index contributed by atoms with van der Waals surface area (Å²) in [4.78, 5) is 0. The summed E-state index contributed by atoms with van der Waals surface area (Å²) >= 11 is 0. The van der Waals surface area contributed by atoms with Gasteiger partial charge in [0.25, 0.3) is 0 Å². The summed E-state index contributed by atoms with van der Waals surface area (Å²) in [5.74, 6) is -0.232. The summed E-state index contributed by atoms with van der Waals surface area (Å²) in [6.07, 6.45) is 3.87. The molecule has 21 heavy (non-hydrogen) atoms. The lowest BCUT2D eigenvalue weighted by Gasteiger charge is -2.10. The normalized spacial score (nSPS) is 11.0. The van der Waals surface area contributed by atoms with Gasteiger partial charge in [-0.1, -0.05) is 13.3 Å². The number of nitrogens with one attached hydrogen (secondary N) is 1. The van der Waals surface area contributed by atoms with E-state index in [0.29, 0.717) is 6.61 Å². The molecule has 1 heterocycles. The smallest absolute Gasteiger partial charge is 0.123 e. The minimum absolute atomic E-state index is 0.232. The van der Waals surface area contributed by atoms with Gasteiger partial charge in [-0.05, 0) is 30.7 Å². The van der Waals surface area contributed by atoms with Gasteiger partial charge in [0.1, 0.15) is 5.82 Å². The van der Waals surface area contributed by atoms with Crippen LogP contribution in [0.15, 0.2) is 30.5 Å². The molecule has 4 nitrogen and oxygen atoms in total. The van der Waals surface area contributed by atoms with Crippen molar-refractivity contribution in [3.63, 3.8) is 0 Å². The van der Waals surface area contributed by atoms with Crippen LogP contribution in [0.5, 0.6) is 0 Å². The Bertz CT molecular complexity index is 551. The Kier molecular flexibility index (Phi) is 5.90. The van der Waals surface area contributed by atoms with E-state index in [9.17, 15) is 4.39 Å². The van der Waals surface area contributed by atoms with Crippen molar-refractivity contribution in [2.75, 3.05) is 20.3 Å². The quantitative estimate of drug-likeness (QED) is 0.760. The van der Waals surface area contributed by atoms with Crippen molar-refractivity contribution in [3.05, 3.63) is 47.5 Å². The first-order valence-corrected chi connectivity index (χ1v) is 7.27. The highest BCUT2D eigenvalue weighted by Gasteiger charge is 2.11. The van der Waals surface area contributed by atoms with Crippen LogP contribution in [-0.4, -0.2) is 30.0 Å². The number of hydrogen-bond donors (Lipinski definition) is 1. The summed E-state index contributed by atoms with van der Waals surface area (Å²) < 4.78 is 20.0. The Morgan fingerprint density at radius 1 is 1.29 bits per heavy atom. The Morgan fingerprint density at radius 2 is 2.05 bits per heavy atom.